The first-order valence-electron chi connectivity index (χ1n) is 6.14. The smallest absolute Gasteiger partial charge is 0.348 e. The minimum Gasteiger partial charge on any atom is -0.348 e. The molecule has 20 heavy (non-hydrogen) atoms. The van der Waals surface area contributed by atoms with Gasteiger partial charge in [-0.2, -0.15) is 13.2 Å². The molecule has 0 radical (unpaired) electrons. The zero-order valence-electron chi connectivity index (χ0n) is 10.9. The van der Waals surface area contributed by atoms with E-state index < -0.39 is 18.6 Å². The average Bonchev–Trinajstić information content (AvgIpc) is 2.35. The van der Waals surface area contributed by atoms with Crippen LogP contribution in [0.4, 0.5) is 13.2 Å². The van der Waals surface area contributed by atoms with Crippen LogP contribution in [-0.4, -0.2) is 25.2 Å². The van der Waals surface area contributed by atoms with E-state index in [2.05, 4.69) is 10.6 Å². The third-order valence-corrected chi connectivity index (χ3v) is 2.88. The van der Waals surface area contributed by atoms with E-state index in [0.29, 0.717) is 11.4 Å². The Kier molecular flexibility index (Phi) is 6.29. The van der Waals surface area contributed by atoms with Crippen LogP contribution in [0.25, 0.3) is 0 Å². The van der Waals surface area contributed by atoms with Gasteiger partial charge in [0.15, 0.2) is 0 Å². The van der Waals surface area contributed by atoms with E-state index in [1.807, 2.05) is 6.92 Å². The van der Waals surface area contributed by atoms with Gasteiger partial charge in [-0.05, 0) is 24.1 Å². The van der Waals surface area contributed by atoms with Crippen LogP contribution in [0.1, 0.15) is 24.9 Å². The Morgan fingerprint density at radius 3 is 2.40 bits per heavy atom. The van der Waals surface area contributed by atoms with Crippen LogP contribution >= 0.6 is 11.6 Å². The van der Waals surface area contributed by atoms with Gasteiger partial charge in [0.25, 0.3) is 0 Å². The first kappa shape index (κ1) is 16.8. The third-order valence-electron chi connectivity index (χ3n) is 2.63. The molecule has 112 valence electrons. The van der Waals surface area contributed by atoms with E-state index in [1.54, 1.807) is 24.3 Å². The van der Waals surface area contributed by atoms with Gasteiger partial charge < -0.3 is 10.6 Å². The summed E-state index contributed by atoms with van der Waals surface area (Å²) in [6.45, 7) is 0.324. The van der Waals surface area contributed by atoms with E-state index >= 15 is 0 Å². The largest absolute Gasteiger partial charge is 0.401 e. The predicted octanol–water partition coefficient (Wildman–Crippen LogP) is 3.06. The zero-order chi connectivity index (χ0) is 15.2. The fraction of sp³-hybridized carbons (Fsp3) is 0.462. The molecule has 0 bridgehead atoms. The molecule has 0 heterocycles. The number of carbonyl (C=O) groups excluding carboxylic acids is 1. The fourth-order valence-electron chi connectivity index (χ4n) is 1.68. The van der Waals surface area contributed by atoms with E-state index in [1.165, 1.54) is 0 Å². The molecule has 1 unspecified atom stereocenters. The van der Waals surface area contributed by atoms with E-state index in [-0.39, 0.29) is 12.6 Å². The topological polar surface area (TPSA) is 41.1 Å². The predicted molar refractivity (Wildman–Crippen MR) is 71.6 cm³/mol. The maximum absolute atomic E-state index is 11.9. The normalized spacial score (nSPS) is 13.1. The summed E-state index contributed by atoms with van der Waals surface area (Å²) in [6, 6.07) is 6.72. The van der Waals surface area contributed by atoms with Crippen LogP contribution in [0, 0.1) is 0 Å². The number of halogens is 4. The van der Waals surface area contributed by atoms with Crippen molar-refractivity contribution in [2.45, 2.75) is 25.6 Å². The lowest BCUT2D eigenvalue weighted by Gasteiger charge is -2.18. The second kappa shape index (κ2) is 7.50. The minimum absolute atomic E-state index is 0.243. The average molecular weight is 309 g/mol. The van der Waals surface area contributed by atoms with Crippen LogP contribution in [0.3, 0.4) is 0 Å². The lowest BCUT2D eigenvalue weighted by Crippen LogP contribution is -2.39. The van der Waals surface area contributed by atoms with Crippen molar-refractivity contribution in [3.05, 3.63) is 34.9 Å². The molecule has 3 nitrogen and oxygen atoms in total. The van der Waals surface area contributed by atoms with E-state index in [9.17, 15) is 18.0 Å². The highest BCUT2D eigenvalue weighted by atomic mass is 35.5. The van der Waals surface area contributed by atoms with Gasteiger partial charge in [0.05, 0.1) is 19.1 Å². The van der Waals surface area contributed by atoms with Crippen molar-refractivity contribution in [2.75, 3.05) is 13.1 Å². The molecule has 1 aromatic rings. The van der Waals surface area contributed by atoms with E-state index in [0.717, 1.165) is 5.56 Å². The standard InChI is InChI=1S/C13H16ClF3N2O/c1-2-11(9-3-5-10(14)6-4-9)19-12(20)7-18-8-13(15,16)17/h3-6,11,18H,2,7-8H2,1H3,(H,19,20). The van der Waals surface area contributed by atoms with Gasteiger partial charge >= 0.3 is 6.18 Å². The summed E-state index contributed by atoms with van der Waals surface area (Å²) in [5, 5.41) is 5.32. The van der Waals surface area contributed by atoms with Crippen LogP contribution in [0.5, 0.6) is 0 Å². The van der Waals surface area contributed by atoms with Crippen LogP contribution < -0.4 is 10.6 Å². The molecule has 0 saturated heterocycles. The van der Waals surface area contributed by atoms with Crippen molar-refractivity contribution in [1.29, 1.82) is 0 Å². The van der Waals surface area contributed by atoms with Crippen LogP contribution in [-0.2, 0) is 4.79 Å². The highest BCUT2D eigenvalue weighted by Gasteiger charge is 2.26. The molecule has 1 atom stereocenters. The molecule has 2 N–H and O–H groups in total. The number of rotatable bonds is 6. The van der Waals surface area contributed by atoms with Gasteiger partial charge in [0.2, 0.25) is 5.91 Å². The van der Waals surface area contributed by atoms with E-state index in [4.69, 9.17) is 11.6 Å². The number of carbonyl (C=O) groups is 1. The van der Waals surface area contributed by atoms with Gasteiger partial charge in [-0.3, -0.25) is 4.79 Å². The van der Waals surface area contributed by atoms with Gasteiger partial charge in [0, 0.05) is 5.02 Å². The molecule has 1 aromatic carbocycles. The minimum atomic E-state index is -4.32. The molecular weight excluding hydrogens is 293 g/mol. The monoisotopic (exact) mass is 308 g/mol. The fourth-order valence-corrected chi connectivity index (χ4v) is 1.81. The summed E-state index contributed by atoms with van der Waals surface area (Å²) in [4.78, 5) is 11.6. The third kappa shape index (κ3) is 6.25. The molecule has 1 rings (SSSR count). The zero-order valence-corrected chi connectivity index (χ0v) is 11.7. The Morgan fingerprint density at radius 2 is 1.90 bits per heavy atom. The molecule has 0 aromatic heterocycles. The van der Waals surface area contributed by atoms with Crippen molar-refractivity contribution in [3.8, 4) is 0 Å². The summed E-state index contributed by atoms with van der Waals surface area (Å²) < 4.78 is 35.8. The Balaban J connectivity index is 2.48. The maximum Gasteiger partial charge on any atom is 0.401 e. The van der Waals surface area contributed by atoms with Crippen molar-refractivity contribution in [1.82, 2.24) is 10.6 Å². The number of alkyl halides is 3. The molecule has 0 aliphatic rings. The number of benzene rings is 1. The second-order valence-corrected chi connectivity index (χ2v) is 4.74. The maximum atomic E-state index is 11.9. The SMILES string of the molecule is CCC(NC(=O)CNCC(F)(F)F)c1ccc(Cl)cc1. The van der Waals surface area contributed by atoms with Crippen molar-refractivity contribution < 1.29 is 18.0 Å². The molecule has 0 fully saturated rings. The van der Waals surface area contributed by atoms with Crippen molar-refractivity contribution in [2.24, 2.45) is 0 Å². The Hall–Kier alpha value is -1.27. The van der Waals surface area contributed by atoms with Gasteiger partial charge in [-0.1, -0.05) is 30.7 Å². The van der Waals surface area contributed by atoms with Gasteiger partial charge in [0.1, 0.15) is 0 Å². The van der Waals surface area contributed by atoms with Gasteiger partial charge in [-0.25, -0.2) is 0 Å². The number of hydrogen-bond acceptors (Lipinski definition) is 2. The molecule has 0 aliphatic carbocycles. The number of nitrogens with one attached hydrogen (secondary N) is 2. The summed E-state index contributed by atoms with van der Waals surface area (Å²) in [7, 11) is 0. The number of hydrogen-bond donors (Lipinski definition) is 2. The quantitative estimate of drug-likeness (QED) is 0.848. The highest BCUT2D eigenvalue weighted by molar-refractivity contribution is 6.30. The summed E-state index contributed by atoms with van der Waals surface area (Å²) >= 11 is 5.77. The first-order chi connectivity index (χ1) is 9.31. The Bertz CT molecular complexity index is 434. The Labute approximate surface area is 120 Å². The molecule has 7 heteroatoms. The molecule has 0 aliphatic heterocycles. The van der Waals surface area contributed by atoms with Crippen molar-refractivity contribution >= 4 is 17.5 Å². The summed E-state index contributed by atoms with van der Waals surface area (Å²) in [5.74, 6) is -0.476. The lowest BCUT2D eigenvalue weighted by molar-refractivity contribution is -0.128. The summed E-state index contributed by atoms with van der Waals surface area (Å²) in [6.07, 6.45) is -3.69. The molecule has 0 saturated carbocycles. The van der Waals surface area contributed by atoms with Crippen LogP contribution in [0.2, 0.25) is 5.02 Å². The second-order valence-electron chi connectivity index (χ2n) is 4.30. The highest BCUT2D eigenvalue weighted by Crippen LogP contribution is 2.19. The molecule has 1 amide bonds. The Morgan fingerprint density at radius 1 is 1.30 bits per heavy atom. The van der Waals surface area contributed by atoms with Crippen LogP contribution in [0.15, 0.2) is 24.3 Å². The summed E-state index contributed by atoms with van der Waals surface area (Å²) in [5.41, 5.74) is 0.862. The van der Waals surface area contributed by atoms with Gasteiger partial charge in [-0.15, -0.1) is 0 Å². The number of amides is 1. The lowest BCUT2D eigenvalue weighted by atomic mass is 10.0. The first-order valence-corrected chi connectivity index (χ1v) is 6.52. The molecular formula is C13H16ClF3N2O. The molecule has 0 spiro atoms. The van der Waals surface area contributed by atoms with Crippen molar-refractivity contribution in [3.63, 3.8) is 0 Å².